The Balaban J connectivity index is 2.61. The molecule has 0 unspecified atom stereocenters. The number of nitro groups is 1. The molecule has 0 spiro atoms. The van der Waals surface area contributed by atoms with E-state index in [-0.39, 0.29) is 11.3 Å². The third kappa shape index (κ3) is 2.51. The van der Waals surface area contributed by atoms with E-state index >= 15 is 0 Å². The van der Waals surface area contributed by atoms with Crippen LogP contribution in [0, 0.1) is 16.0 Å². The minimum Gasteiger partial charge on any atom is -0.486 e. The van der Waals surface area contributed by atoms with Gasteiger partial charge in [-0.25, -0.2) is 0 Å². The van der Waals surface area contributed by atoms with Crippen molar-refractivity contribution in [2.45, 2.75) is 25.5 Å². The number of carbonyl (C=O) groups excluding carboxylic acids is 1. The summed E-state index contributed by atoms with van der Waals surface area (Å²) in [7, 11) is 0. The lowest BCUT2D eigenvalue weighted by molar-refractivity contribution is -0.385. The standard InChI is InChI=1S/C13H14N2O6/c1-13(2)10(12(17)18)11(14-6-16)8-5-7(15(19)20)3-4-9(8)21-13/h3-6,10-11H,1-2H3,(H,14,16)(H,17,18)/t10-,11-/m0/s1. The van der Waals surface area contributed by atoms with Crippen LogP contribution in [0.3, 0.4) is 0 Å². The molecule has 8 nitrogen and oxygen atoms in total. The smallest absolute Gasteiger partial charge is 0.313 e. The van der Waals surface area contributed by atoms with Crippen molar-refractivity contribution in [1.82, 2.24) is 5.32 Å². The number of benzene rings is 1. The molecule has 2 atom stereocenters. The molecule has 1 aromatic rings. The average molecular weight is 294 g/mol. The summed E-state index contributed by atoms with van der Waals surface area (Å²) >= 11 is 0. The predicted molar refractivity (Wildman–Crippen MR) is 70.9 cm³/mol. The van der Waals surface area contributed by atoms with Crippen LogP contribution in [0.25, 0.3) is 0 Å². The van der Waals surface area contributed by atoms with Crippen LogP contribution in [-0.2, 0) is 9.59 Å². The van der Waals surface area contributed by atoms with E-state index in [0.717, 1.165) is 0 Å². The second-order valence-electron chi connectivity index (χ2n) is 5.26. The third-order valence-corrected chi connectivity index (χ3v) is 3.51. The summed E-state index contributed by atoms with van der Waals surface area (Å²) in [5.41, 5.74) is -0.989. The van der Waals surface area contributed by atoms with E-state index in [9.17, 15) is 24.8 Å². The van der Waals surface area contributed by atoms with E-state index < -0.39 is 28.5 Å². The van der Waals surface area contributed by atoms with Crippen molar-refractivity contribution in [2.24, 2.45) is 5.92 Å². The van der Waals surface area contributed by atoms with Crippen LogP contribution < -0.4 is 10.1 Å². The number of hydrogen-bond donors (Lipinski definition) is 2. The van der Waals surface area contributed by atoms with Crippen LogP contribution in [0.4, 0.5) is 5.69 Å². The van der Waals surface area contributed by atoms with Crippen molar-refractivity contribution < 1.29 is 24.4 Å². The van der Waals surface area contributed by atoms with Crippen LogP contribution in [-0.4, -0.2) is 28.0 Å². The van der Waals surface area contributed by atoms with Crippen LogP contribution in [0.15, 0.2) is 18.2 Å². The van der Waals surface area contributed by atoms with Gasteiger partial charge in [-0.15, -0.1) is 0 Å². The molecular formula is C13H14N2O6. The first-order valence-corrected chi connectivity index (χ1v) is 6.18. The van der Waals surface area contributed by atoms with E-state index in [1.807, 2.05) is 0 Å². The van der Waals surface area contributed by atoms with E-state index in [1.165, 1.54) is 18.2 Å². The summed E-state index contributed by atoms with van der Waals surface area (Å²) in [6.07, 6.45) is 0.380. The number of ether oxygens (including phenoxy) is 1. The monoisotopic (exact) mass is 294 g/mol. The highest BCUT2D eigenvalue weighted by molar-refractivity contribution is 5.75. The van der Waals surface area contributed by atoms with Gasteiger partial charge in [-0.1, -0.05) is 0 Å². The normalized spacial score (nSPS) is 22.6. The first kappa shape index (κ1) is 14.8. The number of nitrogens with one attached hydrogen (secondary N) is 1. The average Bonchev–Trinajstić information content (AvgIpc) is 2.36. The van der Waals surface area contributed by atoms with Gasteiger partial charge in [-0.3, -0.25) is 19.7 Å². The van der Waals surface area contributed by atoms with Gasteiger partial charge in [-0.2, -0.15) is 0 Å². The highest BCUT2D eigenvalue weighted by atomic mass is 16.6. The van der Waals surface area contributed by atoms with Gasteiger partial charge in [-0.05, 0) is 19.9 Å². The summed E-state index contributed by atoms with van der Waals surface area (Å²) in [6.45, 7) is 3.19. The number of carboxylic acids is 1. The van der Waals surface area contributed by atoms with Gasteiger partial charge >= 0.3 is 5.97 Å². The zero-order valence-electron chi connectivity index (χ0n) is 11.4. The first-order chi connectivity index (χ1) is 9.77. The molecular weight excluding hydrogens is 280 g/mol. The van der Waals surface area contributed by atoms with Gasteiger partial charge in [0.25, 0.3) is 5.69 Å². The van der Waals surface area contributed by atoms with Crippen LogP contribution >= 0.6 is 0 Å². The highest BCUT2D eigenvalue weighted by Crippen LogP contribution is 2.44. The van der Waals surface area contributed by atoms with Gasteiger partial charge in [0.15, 0.2) is 0 Å². The number of rotatable bonds is 4. The number of carboxylic acid groups (broad SMARTS) is 1. The van der Waals surface area contributed by atoms with Crippen molar-refractivity contribution in [1.29, 1.82) is 0 Å². The highest BCUT2D eigenvalue weighted by Gasteiger charge is 2.48. The van der Waals surface area contributed by atoms with Gasteiger partial charge in [0, 0.05) is 17.7 Å². The molecule has 1 heterocycles. The Bertz CT molecular complexity index is 613. The fraction of sp³-hybridized carbons (Fsp3) is 0.385. The Morgan fingerprint density at radius 1 is 1.52 bits per heavy atom. The topological polar surface area (TPSA) is 119 Å². The lowest BCUT2D eigenvalue weighted by Gasteiger charge is -2.42. The van der Waals surface area contributed by atoms with E-state index in [4.69, 9.17) is 4.74 Å². The number of non-ortho nitro benzene ring substituents is 1. The summed E-state index contributed by atoms with van der Waals surface area (Å²) in [4.78, 5) is 32.6. The summed E-state index contributed by atoms with van der Waals surface area (Å²) in [5, 5.41) is 22.7. The lowest BCUT2D eigenvalue weighted by atomic mass is 9.78. The lowest BCUT2D eigenvalue weighted by Crippen LogP contribution is -2.51. The van der Waals surface area contributed by atoms with Crippen LogP contribution in [0.2, 0.25) is 0 Å². The summed E-state index contributed by atoms with van der Waals surface area (Å²) in [5.74, 6) is -1.91. The molecule has 0 saturated carbocycles. The Morgan fingerprint density at radius 2 is 2.19 bits per heavy atom. The zero-order valence-corrected chi connectivity index (χ0v) is 11.4. The number of nitro benzene ring substituents is 1. The van der Waals surface area contributed by atoms with Crippen LogP contribution in [0.1, 0.15) is 25.5 Å². The maximum atomic E-state index is 11.5. The maximum absolute atomic E-state index is 11.5. The molecule has 0 radical (unpaired) electrons. The fourth-order valence-electron chi connectivity index (χ4n) is 2.61. The fourth-order valence-corrected chi connectivity index (χ4v) is 2.61. The zero-order chi connectivity index (χ0) is 15.8. The van der Waals surface area contributed by atoms with Crippen molar-refractivity contribution in [2.75, 3.05) is 0 Å². The Hall–Kier alpha value is -2.64. The molecule has 2 N–H and O–H groups in total. The number of carbonyl (C=O) groups is 2. The molecule has 0 bridgehead atoms. The number of fused-ring (bicyclic) bond motifs is 1. The molecule has 112 valence electrons. The van der Waals surface area contributed by atoms with E-state index in [1.54, 1.807) is 13.8 Å². The maximum Gasteiger partial charge on any atom is 0.313 e. The molecule has 8 heteroatoms. The second kappa shape index (κ2) is 5.04. The minimum absolute atomic E-state index is 0.195. The Morgan fingerprint density at radius 3 is 2.71 bits per heavy atom. The Kier molecular flexibility index (Phi) is 3.54. The number of amides is 1. The summed E-state index contributed by atoms with van der Waals surface area (Å²) in [6, 6.07) is 3.00. The molecule has 0 aromatic heterocycles. The summed E-state index contributed by atoms with van der Waals surface area (Å²) < 4.78 is 5.65. The SMILES string of the molecule is CC1(C)Oc2ccc([N+](=O)[O-])cc2[C@H](NC=O)[C@H]1C(=O)O. The number of nitrogens with zero attached hydrogens (tertiary/aromatic N) is 1. The number of aliphatic carboxylic acids is 1. The van der Waals surface area contributed by atoms with Crippen LogP contribution in [0.5, 0.6) is 5.75 Å². The van der Waals surface area contributed by atoms with Gasteiger partial charge < -0.3 is 15.2 Å². The molecule has 1 aliphatic heterocycles. The predicted octanol–water partition coefficient (Wildman–Crippen LogP) is 1.25. The molecule has 2 rings (SSSR count). The molecule has 0 saturated heterocycles. The van der Waals surface area contributed by atoms with Gasteiger partial charge in [0.1, 0.15) is 17.3 Å². The van der Waals surface area contributed by atoms with Gasteiger partial charge in [0.05, 0.1) is 11.0 Å². The third-order valence-electron chi connectivity index (χ3n) is 3.51. The molecule has 0 fully saturated rings. The van der Waals surface area contributed by atoms with E-state index in [2.05, 4.69) is 5.32 Å². The first-order valence-electron chi connectivity index (χ1n) is 6.18. The van der Waals surface area contributed by atoms with Crippen molar-refractivity contribution in [3.8, 4) is 5.75 Å². The number of hydrogen-bond acceptors (Lipinski definition) is 5. The van der Waals surface area contributed by atoms with Gasteiger partial charge in [0.2, 0.25) is 6.41 Å². The molecule has 1 amide bonds. The van der Waals surface area contributed by atoms with E-state index in [0.29, 0.717) is 12.2 Å². The van der Waals surface area contributed by atoms with Crippen molar-refractivity contribution in [3.05, 3.63) is 33.9 Å². The quantitative estimate of drug-likeness (QED) is 0.490. The largest absolute Gasteiger partial charge is 0.486 e. The molecule has 0 aliphatic carbocycles. The van der Waals surface area contributed by atoms with Crippen molar-refractivity contribution >= 4 is 18.1 Å². The molecule has 1 aromatic carbocycles. The van der Waals surface area contributed by atoms with Crippen molar-refractivity contribution in [3.63, 3.8) is 0 Å². The minimum atomic E-state index is -1.16. The second-order valence-corrected chi connectivity index (χ2v) is 5.26. The molecule has 21 heavy (non-hydrogen) atoms. The Labute approximate surface area is 119 Å². The molecule has 1 aliphatic rings.